The van der Waals surface area contributed by atoms with Crippen molar-refractivity contribution in [2.24, 2.45) is 11.3 Å². The number of hydrogen-bond donors (Lipinski definition) is 1. The summed E-state index contributed by atoms with van der Waals surface area (Å²) in [4.78, 5) is 23.3. The van der Waals surface area contributed by atoms with Crippen LogP contribution >= 0.6 is 0 Å². The number of halogens is 2. The molecular weight excluding hydrogens is 220 g/mol. The van der Waals surface area contributed by atoms with Gasteiger partial charge in [0, 0.05) is 20.0 Å². The second-order valence-electron chi connectivity index (χ2n) is 4.64. The van der Waals surface area contributed by atoms with Gasteiger partial charge in [-0.2, -0.15) is 0 Å². The van der Waals surface area contributed by atoms with Gasteiger partial charge in [-0.3, -0.25) is 9.59 Å². The number of alkyl halides is 2. The first-order valence-corrected chi connectivity index (χ1v) is 4.98. The molecule has 0 spiro atoms. The number of rotatable bonds is 4. The summed E-state index contributed by atoms with van der Waals surface area (Å²) >= 11 is 0. The van der Waals surface area contributed by atoms with E-state index < -0.39 is 35.6 Å². The minimum Gasteiger partial charge on any atom is -0.481 e. The Labute approximate surface area is 92.2 Å². The third-order valence-electron chi connectivity index (χ3n) is 3.05. The molecule has 2 atom stereocenters. The van der Waals surface area contributed by atoms with Crippen molar-refractivity contribution in [3.05, 3.63) is 0 Å². The van der Waals surface area contributed by atoms with Crippen molar-refractivity contribution in [3.8, 4) is 0 Å². The second-order valence-corrected chi connectivity index (χ2v) is 4.64. The molecule has 4 nitrogen and oxygen atoms in total. The third kappa shape index (κ3) is 2.01. The number of carboxylic acids is 1. The number of aliphatic carboxylic acids is 1. The Morgan fingerprint density at radius 2 is 1.94 bits per heavy atom. The van der Waals surface area contributed by atoms with E-state index in [0.29, 0.717) is 0 Å². The maximum atomic E-state index is 12.9. The molecule has 0 aliphatic heterocycles. The lowest BCUT2D eigenvalue weighted by molar-refractivity contribution is -0.144. The second kappa shape index (κ2) is 3.68. The monoisotopic (exact) mass is 235 g/mol. The molecule has 1 amide bonds. The van der Waals surface area contributed by atoms with Crippen molar-refractivity contribution >= 4 is 11.9 Å². The first kappa shape index (κ1) is 12.9. The van der Waals surface area contributed by atoms with Crippen molar-refractivity contribution in [2.45, 2.75) is 26.2 Å². The van der Waals surface area contributed by atoms with E-state index in [1.165, 1.54) is 20.9 Å². The first-order chi connectivity index (χ1) is 7.12. The number of nitrogens with zero attached hydrogens (tertiary/aromatic N) is 1. The number of amides is 1. The fourth-order valence-electron chi connectivity index (χ4n) is 1.62. The predicted molar refractivity (Wildman–Crippen MR) is 52.1 cm³/mol. The van der Waals surface area contributed by atoms with Gasteiger partial charge in [0.1, 0.15) is 5.41 Å². The number of hydrogen-bond acceptors (Lipinski definition) is 2. The van der Waals surface area contributed by atoms with Gasteiger partial charge < -0.3 is 10.0 Å². The van der Waals surface area contributed by atoms with Crippen molar-refractivity contribution < 1.29 is 23.5 Å². The molecule has 1 rings (SSSR count). The first-order valence-electron chi connectivity index (χ1n) is 4.98. The highest BCUT2D eigenvalue weighted by molar-refractivity contribution is 5.87. The van der Waals surface area contributed by atoms with Gasteiger partial charge in [-0.15, -0.1) is 0 Å². The summed E-state index contributed by atoms with van der Waals surface area (Å²) in [6.07, 6.45) is -0.454. The van der Waals surface area contributed by atoms with Crippen LogP contribution in [-0.2, 0) is 9.59 Å². The molecule has 0 bridgehead atoms. The van der Waals surface area contributed by atoms with Gasteiger partial charge in [0.25, 0.3) is 5.92 Å². The highest BCUT2D eigenvalue weighted by atomic mass is 19.3. The Morgan fingerprint density at radius 1 is 1.50 bits per heavy atom. The average Bonchev–Trinajstić information content (AvgIpc) is 2.65. The standard InChI is InChI=1S/C10H15F2NO3/c1-6(7(14)15)4-13(3)8(16)9(2)5-10(9,11)12/h6H,4-5H2,1-3H3,(H,14,15)/t6-,9+/m0/s1. The molecule has 0 heterocycles. The Hall–Kier alpha value is -1.20. The molecule has 1 N–H and O–H groups in total. The summed E-state index contributed by atoms with van der Waals surface area (Å²) in [5.74, 6) is -5.45. The van der Waals surface area contributed by atoms with Gasteiger partial charge in [0.05, 0.1) is 5.92 Å². The Morgan fingerprint density at radius 3 is 2.25 bits per heavy atom. The summed E-state index contributed by atoms with van der Waals surface area (Å²) in [5, 5.41) is 8.65. The summed E-state index contributed by atoms with van der Waals surface area (Å²) in [5.41, 5.74) is -1.64. The molecule has 0 aromatic rings. The molecule has 0 saturated heterocycles. The SMILES string of the molecule is C[C@@H](CN(C)C(=O)[C@@]1(C)CC1(F)F)C(=O)O. The highest BCUT2D eigenvalue weighted by Gasteiger charge is 2.73. The zero-order valence-corrected chi connectivity index (χ0v) is 9.46. The van der Waals surface area contributed by atoms with Crippen LogP contribution in [0.3, 0.4) is 0 Å². The van der Waals surface area contributed by atoms with Gasteiger partial charge >= 0.3 is 5.97 Å². The fourth-order valence-corrected chi connectivity index (χ4v) is 1.62. The fraction of sp³-hybridized carbons (Fsp3) is 0.800. The third-order valence-corrected chi connectivity index (χ3v) is 3.05. The molecule has 1 fully saturated rings. The quantitative estimate of drug-likeness (QED) is 0.796. The van der Waals surface area contributed by atoms with Crippen LogP contribution < -0.4 is 0 Å². The van der Waals surface area contributed by atoms with Gasteiger partial charge in [-0.1, -0.05) is 6.92 Å². The largest absolute Gasteiger partial charge is 0.481 e. The van der Waals surface area contributed by atoms with Crippen LogP contribution in [-0.4, -0.2) is 41.4 Å². The number of carboxylic acid groups (broad SMARTS) is 1. The smallest absolute Gasteiger partial charge is 0.308 e. The molecule has 0 unspecified atom stereocenters. The summed E-state index contributed by atoms with van der Waals surface area (Å²) in [6.45, 7) is 2.58. The molecule has 0 aromatic carbocycles. The molecule has 92 valence electrons. The van der Waals surface area contributed by atoms with E-state index in [1.54, 1.807) is 0 Å². The lowest BCUT2D eigenvalue weighted by Crippen LogP contribution is -2.39. The minimum atomic E-state index is -2.95. The molecular formula is C10H15F2NO3. The highest BCUT2D eigenvalue weighted by Crippen LogP contribution is 2.60. The Balaban J connectivity index is 2.60. The molecule has 1 aliphatic rings. The van der Waals surface area contributed by atoms with Crippen LogP contribution in [0.15, 0.2) is 0 Å². The van der Waals surface area contributed by atoms with Gasteiger partial charge in [-0.05, 0) is 6.92 Å². The molecule has 16 heavy (non-hydrogen) atoms. The van der Waals surface area contributed by atoms with Crippen LogP contribution in [0, 0.1) is 11.3 Å². The van der Waals surface area contributed by atoms with Crippen molar-refractivity contribution in [3.63, 3.8) is 0 Å². The van der Waals surface area contributed by atoms with Crippen molar-refractivity contribution in [2.75, 3.05) is 13.6 Å². The maximum absolute atomic E-state index is 12.9. The van der Waals surface area contributed by atoms with Crippen LogP contribution in [0.1, 0.15) is 20.3 Å². The van der Waals surface area contributed by atoms with E-state index in [1.807, 2.05) is 0 Å². The Bertz CT molecular complexity index is 332. The lowest BCUT2D eigenvalue weighted by atomic mass is 10.1. The molecule has 0 radical (unpaired) electrons. The number of carbonyl (C=O) groups excluding carboxylic acids is 1. The van der Waals surface area contributed by atoms with Crippen LogP contribution in [0.4, 0.5) is 8.78 Å². The van der Waals surface area contributed by atoms with Crippen LogP contribution in [0.2, 0.25) is 0 Å². The molecule has 6 heteroatoms. The average molecular weight is 235 g/mol. The van der Waals surface area contributed by atoms with Crippen LogP contribution in [0.25, 0.3) is 0 Å². The molecule has 0 aromatic heterocycles. The van der Waals surface area contributed by atoms with E-state index >= 15 is 0 Å². The lowest BCUT2D eigenvalue weighted by Gasteiger charge is -2.23. The van der Waals surface area contributed by atoms with Crippen molar-refractivity contribution in [1.29, 1.82) is 0 Å². The topological polar surface area (TPSA) is 57.6 Å². The summed E-state index contributed by atoms with van der Waals surface area (Å²) in [7, 11) is 1.35. The normalized spacial score (nSPS) is 28.3. The molecule has 1 saturated carbocycles. The minimum absolute atomic E-state index is 0.0557. The van der Waals surface area contributed by atoms with Gasteiger partial charge in [0.2, 0.25) is 5.91 Å². The van der Waals surface area contributed by atoms with E-state index in [2.05, 4.69) is 0 Å². The van der Waals surface area contributed by atoms with Crippen LogP contribution in [0.5, 0.6) is 0 Å². The van der Waals surface area contributed by atoms with E-state index in [0.717, 1.165) is 4.90 Å². The predicted octanol–water partition coefficient (Wildman–Crippen LogP) is 1.21. The maximum Gasteiger partial charge on any atom is 0.308 e. The summed E-state index contributed by atoms with van der Waals surface area (Å²) < 4.78 is 25.8. The summed E-state index contributed by atoms with van der Waals surface area (Å²) in [6, 6.07) is 0. The zero-order chi connectivity index (χ0) is 12.7. The van der Waals surface area contributed by atoms with Gasteiger partial charge in [-0.25, -0.2) is 8.78 Å². The van der Waals surface area contributed by atoms with E-state index in [-0.39, 0.29) is 6.54 Å². The van der Waals surface area contributed by atoms with Gasteiger partial charge in [0.15, 0.2) is 0 Å². The number of carbonyl (C=O) groups is 2. The molecule has 1 aliphatic carbocycles. The van der Waals surface area contributed by atoms with E-state index in [4.69, 9.17) is 5.11 Å². The van der Waals surface area contributed by atoms with E-state index in [9.17, 15) is 18.4 Å². The van der Waals surface area contributed by atoms with Crippen molar-refractivity contribution in [1.82, 2.24) is 4.90 Å². The Kier molecular flexibility index (Phi) is 2.96. The zero-order valence-electron chi connectivity index (χ0n) is 9.46.